The maximum absolute atomic E-state index is 13.2. The van der Waals surface area contributed by atoms with E-state index in [1.54, 1.807) is 18.9 Å². The summed E-state index contributed by atoms with van der Waals surface area (Å²) in [5, 5.41) is 0. The summed E-state index contributed by atoms with van der Waals surface area (Å²) >= 11 is 1.69. The molecule has 26 heavy (non-hydrogen) atoms. The van der Waals surface area contributed by atoms with E-state index in [9.17, 15) is 9.59 Å². The lowest BCUT2D eigenvalue weighted by Gasteiger charge is -2.39. The van der Waals surface area contributed by atoms with E-state index < -0.39 is 0 Å². The maximum Gasteiger partial charge on any atom is 0.230 e. The molecule has 1 aromatic carbocycles. The third-order valence-corrected chi connectivity index (χ3v) is 6.17. The predicted octanol–water partition coefficient (Wildman–Crippen LogP) is 2.79. The van der Waals surface area contributed by atoms with Crippen LogP contribution in [0.4, 0.5) is 0 Å². The van der Waals surface area contributed by atoms with Crippen LogP contribution in [-0.4, -0.2) is 60.4 Å². The fourth-order valence-electron chi connectivity index (χ4n) is 4.11. The molecule has 0 radical (unpaired) electrons. The van der Waals surface area contributed by atoms with Crippen LogP contribution in [0, 0.1) is 5.41 Å². The second-order valence-corrected chi connectivity index (χ2v) is 8.26. The number of carbonyl (C=O) groups is 2. The number of benzene rings is 1. The van der Waals surface area contributed by atoms with Crippen molar-refractivity contribution in [1.82, 2.24) is 9.80 Å². The molecule has 2 heterocycles. The lowest BCUT2D eigenvalue weighted by molar-refractivity contribution is -0.146. The molecule has 0 saturated carbocycles. The van der Waals surface area contributed by atoms with Crippen molar-refractivity contribution in [2.24, 2.45) is 5.41 Å². The Bertz CT molecular complexity index is 666. The highest BCUT2D eigenvalue weighted by atomic mass is 32.2. The minimum Gasteiger partial charge on any atom is -0.497 e. The molecule has 3 rings (SSSR count). The molecular formula is C20H28N2O3S. The minimum absolute atomic E-state index is 0.189. The van der Waals surface area contributed by atoms with Gasteiger partial charge in [-0.3, -0.25) is 9.59 Å². The van der Waals surface area contributed by atoms with Crippen LogP contribution in [0.25, 0.3) is 0 Å². The highest BCUT2D eigenvalue weighted by Crippen LogP contribution is 2.40. The summed E-state index contributed by atoms with van der Waals surface area (Å²) in [5.41, 5.74) is 0.715. The van der Waals surface area contributed by atoms with Gasteiger partial charge in [0.15, 0.2) is 0 Å². The van der Waals surface area contributed by atoms with Gasteiger partial charge in [-0.05, 0) is 43.2 Å². The molecule has 1 unspecified atom stereocenters. The molecule has 2 amide bonds. The van der Waals surface area contributed by atoms with Gasteiger partial charge in [0.1, 0.15) is 5.75 Å². The molecule has 0 aromatic heterocycles. The monoisotopic (exact) mass is 376 g/mol. The molecule has 1 spiro atoms. The van der Waals surface area contributed by atoms with Gasteiger partial charge in [-0.15, -0.1) is 0 Å². The Morgan fingerprint density at radius 2 is 2.15 bits per heavy atom. The molecule has 6 heteroatoms. The highest BCUT2D eigenvalue weighted by molar-refractivity contribution is 7.98. The summed E-state index contributed by atoms with van der Waals surface area (Å²) in [5.74, 6) is 2.06. The van der Waals surface area contributed by atoms with Crippen LogP contribution in [-0.2, 0) is 16.1 Å². The number of hydrogen-bond donors (Lipinski definition) is 0. The second-order valence-electron chi connectivity index (χ2n) is 7.27. The van der Waals surface area contributed by atoms with Gasteiger partial charge in [0.05, 0.1) is 12.5 Å². The fourth-order valence-corrected chi connectivity index (χ4v) is 4.48. The van der Waals surface area contributed by atoms with E-state index in [4.69, 9.17) is 4.74 Å². The van der Waals surface area contributed by atoms with Gasteiger partial charge in [-0.1, -0.05) is 12.1 Å². The van der Waals surface area contributed by atoms with Crippen LogP contribution >= 0.6 is 11.8 Å². The average Bonchev–Trinajstić information content (AvgIpc) is 3.09. The number of piperidine rings is 1. The number of nitrogens with zero attached hydrogens (tertiary/aromatic N) is 2. The third-order valence-electron chi connectivity index (χ3n) is 5.56. The summed E-state index contributed by atoms with van der Waals surface area (Å²) < 4.78 is 5.29. The minimum atomic E-state index is -0.369. The molecule has 0 bridgehead atoms. The first kappa shape index (κ1) is 19.1. The van der Waals surface area contributed by atoms with Crippen molar-refractivity contribution in [2.75, 3.05) is 38.8 Å². The van der Waals surface area contributed by atoms with Crippen LogP contribution in [0.1, 0.15) is 31.2 Å². The van der Waals surface area contributed by atoms with E-state index in [1.165, 1.54) is 0 Å². The quantitative estimate of drug-likeness (QED) is 0.766. The molecule has 0 aliphatic carbocycles. The summed E-state index contributed by atoms with van der Waals surface area (Å²) in [4.78, 5) is 29.5. The van der Waals surface area contributed by atoms with Gasteiger partial charge >= 0.3 is 0 Å². The van der Waals surface area contributed by atoms with Gasteiger partial charge in [0, 0.05) is 38.4 Å². The highest BCUT2D eigenvalue weighted by Gasteiger charge is 2.49. The average molecular weight is 377 g/mol. The van der Waals surface area contributed by atoms with Crippen LogP contribution in [0.5, 0.6) is 5.75 Å². The van der Waals surface area contributed by atoms with Gasteiger partial charge < -0.3 is 14.5 Å². The van der Waals surface area contributed by atoms with Crippen molar-refractivity contribution in [3.8, 4) is 5.75 Å². The predicted molar refractivity (Wildman–Crippen MR) is 104 cm³/mol. The molecule has 2 fully saturated rings. The molecular weight excluding hydrogens is 348 g/mol. The topological polar surface area (TPSA) is 49.9 Å². The fraction of sp³-hybridized carbons (Fsp3) is 0.600. The van der Waals surface area contributed by atoms with Crippen molar-refractivity contribution < 1.29 is 14.3 Å². The van der Waals surface area contributed by atoms with E-state index in [-0.39, 0.29) is 17.2 Å². The van der Waals surface area contributed by atoms with Crippen LogP contribution < -0.4 is 4.74 Å². The smallest absolute Gasteiger partial charge is 0.230 e. The van der Waals surface area contributed by atoms with Crippen molar-refractivity contribution >= 4 is 23.6 Å². The van der Waals surface area contributed by atoms with Crippen LogP contribution in [0.3, 0.4) is 0 Å². The first-order chi connectivity index (χ1) is 12.6. The Hall–Kier alpha value is -1.69. The lowest BCUT2D eigenvalue weighted by Crippen LogP contribution is -2.50. The van der Waals surface area contributed by atoms with Gasteiger partial charge in [-0.2, -0.15) is 11.8 Å². The van der Waals surface area contributed by atoms with E-state index >= 15 is 0 Å². The normalized spacial score (nSPS) is 22.9. The lowest BCUT2D eigenvalue weighted by atomic mass is 9.78. The van der Waals surface area contributed by atoms with E-state index in [1.807, 2.05) is 40.3 Å². The summed E-state index contributed by atoms with van der Waals surface area (Å²) in [7, 11) is 1.65. The number of likely N-dealkylation sites (tertiary alicyclic amines) is 2. The standard InChI is InChI=1S/C20H28N2O3S/c1-25-17-6-3-5-16(13-17)14-21-10-4-8-20(19(21)24)9-11-22(15-20)18(23)7-12-26-2/h3,5-6,13H,4,7-12,14-15H2,1-2H3. The molecule has 0 N–H and O–H groups in total. The second kappa shape index (κ2) is 8.33. The van der Waals surface area contributed by atoms with Crippen LogP contribution in [0.2, 0.25) is 0 Å². The zero-order valence-corrected chi connectivity index (χ0v) is 16.5. The Morgan fingerprint density at radius 1 is 1.31 bits per heavy atom. The number of hydrogen-bond acceptors (Lipinski definition) is 4. The Balaban J connectivity index is 1.67. The van der Waals surface area contributed by atoms with Crippen molar-refractivity contribution in [3.05, 3.63) is 29.8 Å². The van der Waals surface area contributed by atoms with E-state index in [0.717, 1.165) is 42.9 Å². The maximum atomic E-state index is 13.2. The SMILES string of the molecule is COc1cccc(CN2CCCC3(CCN(C(=O)CCSC)C3)C2=O)c1. The molecule has 2 saturated heterocycles. The number of methoxy groups -OCH3 is 1. The third kappa shape index (κ3) is 4.00. The number of ether oxygens (including phenoxy) is 1. The molecule has 2 aliphatic heterocycles. The number of amides is 2. The molecule has 5 nitrogen and oxygen atoms in total. The van der Waals surface area contributed by atoms with E-state index in [2.05, 4.69) is 0 Å². The molecule has 142 valence electrons. The molecule has 1 aromatic rings. The number of carbonyl (C=O) groups excluding carboxylic acids is 2. The summed E-state index contributed by atoms with van der Waals surface area (Å²) in [6, 6.07) is 7.89. The molecule has 1 atom stereocenters. The Morgan fingerprint density at radius 3 is 2.92 bits per heavy atom. The zero-order valence-electron chi connectivity index (χ0n) is 15.7. The van der Waals surface area contributed by atoms with Crippen molar-refractivity contribution in [3.63, 3.8) is 0 Å². The Kier molecular flexibility index (Phi) is 6.12. The van der Waals surface area contributed by atoms with Gasteiger partial charge in [-0.25, -0.2) is 0 Å². The first-order valence-electron chi connectivity index (χ1n) is 9.27. The van der Waals surface area contributed by atoms with E-state index in [0.29, 0.717) is 26.1 Å². The zero-order chi connectivity index (χ0) is 18.6. The summed E-state index contributed by atoms with van der Waals surface area (Å²) in [6.07, 6.45) is 5.28. The van der Waals surface area contributed by atoms with Crippen molar-refractivity contribution in [1.29, 1.82) is 0 Å². The largest absolute Gasteiger partial charge is 0.497 e. The number of rotatable bonds is 6. The summed E-state index contributed by atoms with van der Waals surface area (Å²) in [6.45, 7) is 2.70. The molecule has 2 aliphatic rings. The van der Waals surface area contributed by atoms with Gasteiger partial charge in [0.2, 0.25) is 11.8 Å². The van der Waals surface area contributed by atoms with Gasteiger partial charge in [0.25, 0.3) is 0 Å². The Labute approximate surface area is 160 Å². The van der Waals surface area contributed by atoms with Crippen LogP contribution in [0.15, 0.2) is 24.3 Å². The number of thioether (sulfide) groups is 1. The first-order valence-corrected chi connectivity index (χ1v) is 10.7. The van der Waals surface area contributed by atoms with Crippen molar-refractivity contribution in [2.45, 2.75) is 32.2 Å².